The Morgan fingerprint density at radius 3 is 1.69 bits per heavy atom. The van der Waals surface area contributed by atoms with Crippen LogP contribution in [-0.2, 0) is 10.8 Å². The first-order valence-electron chi connectivity index (χ1n) is 19.9. The van der Waals surface area contributed by atoms with E-state index in [1.807, 2.05) is 6.20 Å². The summed E-state index contributed by atoms with van der Waals surface area (Å²) in [6, 6.07) is 37.5. The van der Waals surface area contributed by atoms with Crippen molar-refractivity contribution in [2.24, 2.45) is 0 Å². The third-order valence-corrected chi connectivity index (χ3v) is 15.1. The molecule has 2 heterocycles. The number of benzene rings is 4. The van der Waals surface area contributed by atoms with Crippen molar-refractivity contribution in [3.8, 4) is 61.8 Å². The second-order valence-corrected chi connectivity index (χ2v) is 29.7. The number of hydrogen-bond acceptors (Lipinski definition) is 3. The van der Waals surface area contributed by atoms with Gasteiger partial charge in [-0.25, -0.2) is 0 Å². The van der Waals surface area contributed by atoms with Crippen LogP contribution >= 0.6 is 0 Å². The molecule has 0 saturated carbocycles. The van der Waals surface area contributed by atoms with E-state index in [2.05, 4.69) is 190 Å². The van der Waals surface area contributed by atoms with Crippen LogP contribution in [0.3, 0.4) is 0 Å². The zero-order valence-electron chi connectivity index (χ0n) is 35.4. The minimum Gasteiger partial charge on any atom is -0.507 e. The fourth-order valence-electron chi connectivity index (χ4n) is 7.45. The van der Waals surface area contributed by atoms with Gasteiger partial charge < -0.3 is 5.11 Å². The molecule has 0 aliphatic rings. The van der Waals surface area contributed by atoms with Gasteiger partial charge in [0.05, 0.1) is 0 Å². The van der Waals surface area contributed by atoms with E-state index >= 15 is 0 Å². The quantitative estimate of drug-likeness (QED) is 0.156. The van der Waals surface area contributed by atoms with Crippen LogP contribution in [0.5, 0.6) is 5.75 Å². The molecule has 0 aliphatic carbocycles. The minimum atomic E-state index is -2.00. The average molecular weight is 790 g/mol. The molecule has 4 aromatic carbocycles. The van der Waals surface area contributed by atoms with E-state index in [4.69, 9.17) is 9.97 Å². The molecule has 1 N–H and O–H groups in total. The Hall–Kier alpha value is -4.48. The number of hydrogen-bond donors (Lipinski definition) is 1. The summed E-state index contributed by atoms with van der Waals surface area (Å²) < 4.78 is 1.49. The first-order chi connectivity index (χ1) is 25.7. The number of phenols is 1. The number of rotatable bonds is 8. The maximum atomic E-state index is 12.1. The molecule has 0 spiro atoms. The third-order valence-electron chi connectivity index (χ3n) is 10.8. The van der Waals surface area contributed by atoms with Gasteiger partial charge in [-0.3, -0.25) is 0 Å². The molecule has 284 valence electrons. The molecule has 4 heteroatoms. The van der Waals surface area contributed by atoms with E-state index in [-0.39, 0.29) is 10.8 Å². The van der Waals surface area contributed by atoms with Gasteiger partial charge in [0.15, 0.2) is 0 Å². The van der Waals surface area contributed by atoms with Crippen molar-refractivity contribution in [3.63, 3.8) is 0 Å². The number of nitrogens with zero attached hydrogens (tertiary/aromatic N) is 2. The molecular formula is C51H60GeN2O. The summed E-state index contributed by atoms with van der Waals surface area (Å²) in [6.45, 7) is 22.3. The van der Waals surface area contributed by atoms with Gasteiger partial charge in [0, 0.05) is 11.1 Å². The molecule has 6 aromatic rings. The van der Waals surface area contributed by atoms with E-state index in [9.17, 15) is 5.11 Å². The molecule has 0 radical (unpaired) electrons. The summed E-state index contributed by atoms with van der Waals surface area (Å²) in [4.78, 5) is 10.3. The van der Waals surface area contributed by atoms with Crippen LogP contribution in [0.1, 0.15) is 103 Å². The van der Waals surface area contributed by atoms with Crippen molar-refractivity contribution in [2.45, 2.75) is 109 Å². The average Bonchev–Trinajstić information content (AvgIpc) is 3.13. The first kappa shape index (κ1) is 40.2. The second-order valence-electron chi connectivity index (χ2n) is 19.0. The van der Waals surface area contributed by atoms with Crippen LogP contribution in [0.4, 0.5) is 0 Å². The van der Waals surface area contributed by atoms with Gasteiger partial charge in [0.2, 0.25) is 0 Å². The third kappa shape index (κ3) is 8.68. The fourth-order valence-corrected chi connectivity index (χ4v) is 9.94. The van der Waals surface area contributed by atoms with Crippen molar-refractivity contribution in [3.05, 3.63) is 132 Å². The van der Waals surface area contributed by atoms with Gasteiger partial charge in [-0.1, -0.05) is 93.5 Å². The Balaban J connectivity index is 1.59. The molecule has 0 aliphatic heterocycles. The molecule has 0 amide bonds. The Bertz CT molecular complexity index is 2320. The number of pyridine rings is 2. The molecule has 0 unspecified atom stereocenters. The maximum absolute atomic E-state index is 12.1. The molecule has 3 nitrogen and oxygen atoms in total. The smallest absolute Gasteiger partial charge is 0.507 e. The van der Waals surface area contributed by atoms with Gasteiger partial charge in [-0.05, 0) is 57.1 Å². The van der Waals surface area contributed by atoms with E-state index in [1.54, 1.807) is 0 Å². The predicted molar refractivity (Wildman–Crippen MR) is 239 cm³/mol. The second kappa shape index (κ2) is 15.2. The van der Waals surface area contributed by atoms with Crippen LogP contribution in [0.2, 0.25) is 17.3 Å². The van der Waals surface area contributed by atoms with Gasteiger partial charge in [-0.15, -0.1) is 0 Å². The minimum absolute atomic E-state index is 0.121. The Morgan fingerprint density at radius 2 is 1.09 bits per heavy atom. The van der Waals surface area contributed by atoms with Gasteiger partial charge in [0.1, 0.15) is 5.75 Å². The molecule has 0 atom stereocenters. The van der Waals surface area contributed by atoms with Crippen LogP contribution in [0.15, 0.2) is 109 Å². The Labute approximate surface area is 333 Å². The zero-order chi connectivity index (χ0) is 40.0. The monoisotopic (exact) mass is 790 g/mol. The molecule has 0 saturated heterocycles. The molecule has 6 rings (SSSR count). The molecular weight excluding hydrogens is 729 g/mol. The zero-order valence-corrected chi connectivity index (χ0v) is 37.5. The van der Waals surface area contributed by atoms with Crippen LogP contribution in [-0.4, -0.2) is 28.3 Å². The van der Waals surface area contributed by atoms with Crippen molar-refractivity contribution < 1.29 is 5.11 Å². The van der Waals surface area contributed by atoms with Gasteiger partial charge >= 0.3 is 163 Å². The van der Waals surface area contributed by atoms with Crippen molar-refractivity contribution in [1.82, 2.24) is 9.97 Å². The van der Waals surface area contributed by atoms with Crippen LogP contribution in [0.25, 0.3) is 56.0 Å². The van der Waals surface area contributed by atoms with Crippen molar-refractivity contribution >= 4 is 17.7 Å². The molecule has 55 heavy (non-hydrogen) atoms. The van der Waals surface area contributed by atoms with E-state index in [0.717, 1.165) is 44.9 Å². The number of aromatic hydroxyl groups is 1. The number of phenolic OH excluding ortho intramolecular Hbond substituents is 1. The SMILES string of the molecule is CC(C)c1cccc(C(C)C)c1-c1cc(-c2cccc(-c3cc(-c4ccc[c]([Ge]([CH3])([CH3])[CH3])c4)ccn3)c2)nc(-c2cc(C(C)(C)C)cc(C(C)(C)C)c2O)c1. The molecule has 0 fully saturated rings. The van der Waals surface area contributed by atoms with Gasteiger partial charge in [-0.2, -0.15) is 0 Å². The van der Waals surface area contributed by atoms with Crippen molar-refractivity contribution in [1.29, 1.82) is 0 Å². The summed E-state index contributed by atoms with van der Waals surface area (Å²) in [6.07, 6.45) is 1.92. The van der Waals surface area contributed by atoms with Crippen LogP contribution < -0.4 is 4.40 Å². The number of aromatic nitrogens is 2. The van der Waals surface area contributed by atoms with Crippen LogP contribution in [0, 0.1) is 0 Å². The van der Waals surface area contributed by atoms with E-state index in [1.165, 1.54) is 37.8 Å². The summed E-state index contributed by atoms with van der Waals surface area (Å²) in [5.74, 6) is 8.27. The Morgan fingerprint density at radius 1 is 0.545 bits per heavy atom. The summed E-state index contributed by atoms with van der Waals surface area (Å²) in [5.41, 5.74) is 14.5. The van der Waals surface area contributed by atoms with E-state index < -0.39 is 13.3 Å². The van der Waals surface area contributed by atoms with Gasteiger partial charge in [0.25, 0.3) is 0 Å². The Kier molecular flexibility index (Phi) is 11.1. The summed E-state index contributed by atoms with van der Waals surface area (Å²) >= 11 is -2.00. The molecule has 2 aromatic heterocycles. The van der Waals surface area contributed by atoms with Crippen molar-refractivity contribution in [2.75, 3.05) is 0 Å². The standard InChI is InChI=1S/C51H60GeN2O/c1-32(2)41-21-16-22-42(33(3)4)48(41)38-28-46(54-47(29-38)43-30-39(50(5,6)7)31-44(49(43)55)51(8,9)10)37-19-14-18-36(25-37)45-27-35(23-24-53-45)34-17-15-20-40(26-34)52(11,12)13/h14-33,55H,1-13H3. The topological polar surface area (TPSA) is 46.0 Å². The molecule has 0 bridgehead atoms. The summed E-state index contributed by atoms with van der Waals surface area (Å²) in [5, 5.41) is 12.1. The predicted octanol–water partition coefficient (Wildman–Crippen LogP) is 13.9. The van der Waals surface area contributed by atoms with E-state index in [0.29, 0.717) is 17.6 Å². The fraction of sp³-hybridized carbons (Fsp3) is 0.333. The normalized spacial score (nSPS) is 12.5. The summed E-state index contributed by atoms with van der Waals surface area (Å²) in [7, 11) is 0. The first-order valence-corrected chi connectivity index (χ1v) is 27.3.